The molecular formula is C19H11ClN2O3S. The van der Waals surface area contributed by atoms with Gasteiger partial charge in [-0.3, -0.25) is 9.36 Å². The standard InChI is InChI=1S/C19H11ClN2O3S/c20-12-3-1-11(2-4-12)17-8-14-18(26-17)19(23)22(9-21-14)13-5-6-15-16(7-13)25-10-24-15/h1-9H,10H2. The van der Waals surface area contributed by atoms with Crippen LogP contribution in [0.15, 0.2) is 59.7 Å². The number of benzene rings is 2. The Morgan fingerprint density at radius 3 is 2.69 bits per heavy atom. The van der Waals surface area contributed by atoms with Crippen molar-refractivity contribution in [3.8, 4) is 27.6 Å². The van der Waals surface area contributed by atoms with E-state index in [-0.39, 0.29) is 12.4 Å². The second-order valence-electron chi connectivity index (χ2n) is 5.79. The minimum atomic E-state index is -0.112. The predicted octanol–water partition coefficient (Wildman–Crippen LogP) is 4.50. The molecule has 0 amide bonds. The first-order chi connectivity index (χ1) is 12.7. The lowest BCUT2D eigenvalue weighted by Gasteiger charge is -2.05. The molecule has 0 spiro atoms. The van der Waals surface area contributed by atoms with Gasteiger partial charge in [-0.15, -0.1) is 11.3 Å². The SMILES string of the molecule is O=c1c2sc(-c3ccc(Cl)cc3)cc2ncn1-c1ccc2c(c1)OCO2. The number of thiophene rings is 1. The van der Waals surface area contributed by atoms with Crippen LogP contribution in [0.4, 0.5) is 0 Å². The first-order valence-electron chi connectivity index (χ1n) is 7.86. The van der Waals surface area contributed by atoms with Crippen LogP contribution in [0.5, 0.6) is 11.5 Å². The summed E-state index contributed by atoms with van der Waals surface area (Å²) in [6, 6.07) is 14.9. The zero-order valence-electron chi connectivity index (χ0n) is 13.3. The van der Waals surface area contributed by atoms with Gasteiger partial charge in [-0.1, -0.05) is 23.7 Å². The maximum atomic E-state index is 13.0. The number of nitrogens with zero attached hydrogens (tertiary/aromatic N) is 2. The molecule has 0 radical (unpaired) electrons. The molecular weight excluding hydrogens is 372 g/mol. The summed E-state index contributed by atoms with van der Waals surface area (Å²) in [6.07, 6.45) is 1.54. The Labute approximate surface area is 157 Å². The molecule has 0 N–H and O–H groups in total. The minimum absolute atomic E-state index is 0.112. The van der Waals surface area contributed by atoms with Crippen molar-refractivity contribution >= 4 is 33.2 Å². The molecule has 0 unspecified atom stereocenters. The molecule has 1 aliphatic rings. The van der Waals surface area contributed by atoms with Crippen molar-refractivity contribution in [2.75, 3.05) is 6.79 Å². The lowest BCUT2D eigenvalue weighted by Crippen LogP contribution is -2.17. The maximum Gasteiger partial charge on any atom is 0.275 e. The highest BCUT2D eigenvalue weighted by Crippen LogP contribution is 2.34. The fourth-order valence-corrected chi connectivity index (χ4v) is 4.06. The molecule has 5 nitrogen and oxygen atoms in total. The lowest BCUT2D eigenvalue weighted by atomic mass is 10.2. The Morgan fingerprint density at radius 2 is 1.85 bits per heavy atom. The van der Waals surface area contributed by atoms with Crippen molar-refractivity contribution in [3.05, 3.63) is 70.2 Å². The van der Waals surface area contributed by atoms with E-state index in [0.29, 0.717) is 32.4 Å². The van der Waals surface area contributed by atoms with E-state index < -0.39 is 0 Å². The second kappa shape index (κ2) is 5.86. The molecule has 2 aromatic carbocycles. The van der Waals surface area contributed by atoms with Crippen molar-refractivity contribution in [3.63, 3.8) is 0 Å². The van der Waals surface area contributed by atoms with E-state index >= 15 is 0 Å². The topological polar surface area (TPSA) is 53.4 Å². The van der Waals surface area contributed by atoms with Crippen LogP contribution >= 0.6 is 22.9 Å². The molecule has 5 rings (SSSR count). The third-order valence-corrected chi connectivity index (χ3v) is 5.61. The van der Waals surface area contributed by atoms with E-state index in [1.165, 1.54) is 15.9 Å². The summed E-state index contributed by atoms with van der Waals surface area (Å²) in [5, 5.41) is 0.679. The van der Waals surface area contributed by atoms with Crippen molar-refractivity contribution in [2.24, 2.45) is 0 Å². The van der Waals surface area contributed by atoms with Crippen LogP contribution in [-0.4, -0.2) is 16.3 Å². The van der Waals surface area contributed by atoms with Gasteiger partial charge in [0, 0.05) is 16.0 Å². The van der Waals surface area contributed by atoms with Gasteiger partial charge in [-0.05, 0) is 35.9 Å². The zero-order valence-corrected chi connectivity index (χ0v) is 14.9. The van der Waals surface area contributed by atoms with Crippen LogP contribution in [0.3, 0.4) is 0 Å². The van der Waals surface area contributed by atoms with Crippen molar-refractivity contribution < 1.29 is 9.47 Å². The number of ether oxygens (including phenoxy) is 2. The summed E-state index contributed by atoms with van der Waals surface area (Å²) in [6.45, 7) is 0.195. The summed E-state index contributed by atoms with van der Waals surface area (Å²) in [7, 11) is 0. The Hall–Kier alpha value is -2.83. The third-order valence-electron chi connectivity index (χ3n) is 4.20. The van der Waals surface area contributed by atoms with Gasteiger partial charge in [-0.25, -0.2) is 4.98 Å². The lowest BCUT2D eigenvalue weighted by molar-refractivity contribution is 0.174. The molecule has 0 atom stereocenters. The van der Waals surface area contributed by atoms with Gasteiger partial charge < -0.3 is 9.47 Å². The van der Waals surface area contributed by atoms with Crippen molar-refractivity contribution in [2.45, 2.75) is 0 Å². The fourth-order valence-electron chi connectivity index (χ4n) is 2.89. The van der Waals surface area contributed by atoms with E-state index in [4.69, 9.17) is 21.1 Å². The molecule has 1 aliphatic heterocycles. The normalized spacial score (nSPS) is 12.7. The molecule has 128 valence electrons. The van der Waals surface area contributed by atoms with Crippen LogP contribution < -0.4 is 15.0 Å². The number of hydrogen-bond acceptors (Lipinski definition) is 5. The smallest absolute Gasteiger partial charge is 0.275 e. The molecule has 0 saturated carbocycles. The van der Waals surface area contributed by atoms with Gasteiger partial charge in [0.05, 0.1) is 11.2 Å². The number of aromatic nitrogens is 2. The summed E-state index contributed by atoms with van der Waals surface area (Å²) in [5.74, 6) is 1.31. The molecule has 7 heteroatoms. The van der Waals surface area contributed by atoms with Crippen molar-refractivity contribution in [1.29, 1.82) is 0 Å². The molecule has 3 heterocycles. The summed E-state index contributed by atoms with van der Waals surface area (Å²) >= 11 is 7.37. The molecule has 0 saturated heterocycles. The maximum absolute atomic E-state index is 13.0. The highest BCUT2D eigenvalue weighted by molar-refractivity contribution is 7.22. The predicted molar refractivity (Wildman–Crippen MR) is 102 cm³/mol. The van der Waals surface area contributed by atoms with Gasteiger partial charge >= 0.3 is 0 Å². The highest BCUT2D eigenvalue weighted by atomic mass is 35.5. The largest absolute Gasteiger partial charge is 0.454 e. The Balaban J connectivity index is 1.63. The van der Waals surface area contributed by atoms with Gasteiger partial charge in [0.15, 0.2) is 11.5 Å². The van der Waals surface area contributed by atoms with E-state index in [0.717, 1.165) is 10.4 Å². The van der Waals surface area contributed by atoms with E-state index in [1.54, 1.807) is 18.5 Å². The van der Waals surface area contributed by atoms with Gasteiger partial charge in [0.1, 0.15) is 11.0 Å². The molecule has 2 aromatic heterocycles. The van der Waals surface area contributed by atoms with Crippen LogP contribution in [0.1, 0.15) is 0 Å². The monoisotopic (exact) mass is 382 g/mol. The quantitative estimate of drug-likeness (QED) is 0.512. The average Bonchev–Trinajstić information content (AvgIpc) is 3.29. The van der Waals surface area contributed by atoms with E-state index in [2.05, 4.69) is 4.98 Å². The molecule has 26 heavy (non-hydrogen) atoms. The molecule has 0 fully saturated rings. The van der Waals surface area contributed by atoms with Crippen LogP contribution in [0, 0.1) is 0 Å². The summed E-state index contributed by atoms with van der Waals surface area (Å²) in [5.41, 5.74) is 2.27. The first kappa shape index (κ1) is 15.4. The minimum Gasteiger partial charge on any atom is -0.454 e. The molecule has 4 aromatic rings. The average molecular weight is 383 g/mol. The first-order valence-corrected chi connectivity index (χ1v) is 9.06. The number of rotatable bonds is 2. The van der Waals surface area contributed by atoms with Gasteiger partial charge in [0.25, 0.3) is 5.56 Å². The number of fused-ring (bicyclic) bond motifs is 2. The summed E-state index contributed by atoms with van der Waals surface area (Å²) < 4.78 is 12.8. The van der Waals surface area contributed by atoms with Crippen LogP contribution in [0.25, 0.3) is 26.3 Å². The number of hydrogen-bond donors (Lipinski definition) is 0. The highest BCUT2D eigenvalue weighted by Gasteiger charge is 2.16. The Kier molecular flexibility index (Phi) is 3.48. The summed E-state index contributed by atoms with van der Waals surface area (Å²) in [4.78, 5) is 18.4. The molecule has 0 aliphatic carbocycles. The van der Waals surface area contributed by atoms with E-state index in [1.807, 2.05) is 36.4 Å². The third kappa shape index (κ3) is 2.46. The van der Waals surface area contributed by atoms with E-state index in [9.17, 15) is 4.79 Å². The second-order valence-corrected chi connectivity index (χ2v) is 7.28. The van der Waals surface area contributed by atoms with Gasteiger partial charge in [0.2, 0.25) is 6.79 Å². The fraction of sp³-hybridized carbons (Fsp3) is 0.0526. The van der Waals surface area contributed by atoms with Crippen LogP contribution in [-0.2, 0) is 0 Å². The zero-order chi connectivity index (χ0) is 17.7. The van der Waals surface area contributed by atoms with Crippen molar-refractivity contribution in [1.82, 2.24) is 9.55 Å². The Bertz CT molecular complexity index is 1200. The Morgan fingerprint density at radius 1 is 1.04 bits per heavy atom. The van der Waals surface area contributed by atoms with Gasteiger partial charge in [-0.2, -0.15) is 0 Å². The number of halogens is 1. The molecule has 0 bridgehead atoms. The van der Waals surface area contributed by atoms with Crippen LogP contribution in [0.2, 0.25) is 5.02 Å².